The van der Waals surface area contributed by atoms with Gasteiger partial charge in [-0.25, -0.2) is 13.1 Å². The molecule has 9 heteroatoms. The van der Waals surface area contributed by atoms with Gasteiger partial charge in [0.1, 0.15) is 10.7 Å². The smallest absolute Gasteiger partial charge is 0.242 e. The lowest BCUT2D eigenvalue weighted by Crippen LogP contribution is -2.36. The van der Waals surface area contributed by atoms with Crippen LogP contribution in [0, 0.1) is 0 Å². The number of benzene rings is 1. The molecule has 1 heterocycles. The van der Waals surface area contributed by atoms with E-state index in [1.807, 2.05) is 0 Å². The van der Waals surface area contributed by atoms with Crippen molar-refractivity contribution in [3.8, 4) is 0 Å². The van der Waals surface area contributed by atoms with Gasteiger partial charge in [-0.15, -0.1) is 0 Å². The topological polar surface area (TPSA) is 88.4 Å². The van der Waals surface area contributed by atoms with Crippen molar-refractivity contribution in [2.75, 3.05) is 6.54 Å². The SMILES string of the molecule is O=C(CNS(=O)(=O)c1cc(Cl)ccc1Cl)NCc1ccco1. The summed E-state index contributed by atoms with van der Waals surface area (Å²) in [5.74, 6) is 0.0622. The molecular formula is C13H12Cl2N2O4S. The summed E-state index contributed by atoms with van der Waals surface area (Å²) in [7, 11) is -3.93. The fourth-order valence-corrected chi connectivity index (χ4v) is 3.33. The number of nitrogens with one attached hydrogen (secondary N) is 2. The summed E-state index contributed by atoms with van der Waals surface area (Å²) in [6.45, 7) is -0.253. The molecule has 0 fully saturated rings. The summed E-state index contributed by atoms with van der Waals surface area (Å²) < 4.78 is 31.4. The van der Waals surface area contributed by atoms with Gasteiger partial charge in [-0.05, 0) is 30.3 Å². The van der Waals surface area contributed by atoms with E-state index < -0.39 is 22.5 Å². The van der Waals surface area contributed by atoms with E-state index in [1.165, 1.54) is 24.5 Å². The van der Waals surface area contributed by atoms with Gasteiger partial charge in [0, 0.05) is 5.02 Å². The van der Waals surface area contributed by atoms with Gasteiger partial charge in [0.15, 0.2) is 0 Å². The van der Waals surface area contributed by atoms with Gasteiger partial charge < -0.3 is 9.73 Å². The molecule has 0 unspecified atom stereocenters. The van der Waals surface area contributed by atoms with Crippen LogP contribution >= 0.6 is 23.2 Å². The predicted molar refractivity (Wildman–Crippen MR) is 82.2 cm³/mol. The Kier molecular flexibility index (Phi) is 5.47. The number of rotatable bonds is 6. The van der Waals surface area contributed by atoms with Gasteiger partial charge in [-0.2, -0.15) is 0 Å². The van der Waals surface area contributed by atoms with Crippen molar-refractivity contribution in [1.29, 1.82) is 0 Å². The summed E-state index contributed by atoms with van der Waals surface area (Å²) in [5.41, 5.74) is 0. The fourth-order valence-electron chi connectivity index (χ4n) is 1.58. The Morgan fingerprint density at radius 1 is 1.23 bits per heavy atom. The number of furan rings is 1. The van der Waals surface area contributed by atoms with Crippen molar-refractivity contribution in [1.82, 2.24) is 10.0 Å². The highest BCUT2D eigenvalue weighted by Crippen LogP contribution is 2.24. The molecule has 0 bridgehead atoms. The maximum Gasteiger partial charge on any atom is 0.242 e. The highest BCUT2D eigenvalue weighted by atomic mass is 35.5. The molecule has 22 heavy (non-hydrogen) atoms. The van der Waals surface area contributed by atoms with E-state index in [2.05, 4.69) is 10.0 Å². The molecule has 0 saturated heterocycles. The van der Waals surface area contributed by atoms with Crippen LogP contribution in [0.1, 0.15) is 5.76 Å². The lowest BCUT2D eigenvalue weighted by Gasteiger charge is -2.09. The summed E-state index contributed by atoms with van der Waals surface area (Å²) in [6.07, 6.45) is 1.48. The highest BCUT2D eigenvalue weighted by molar-refractivity contribution is 7.89. The predicted octanol–water partition coefficient (Wildman–Crippen LogP) is 2.18. The molecule has 0 spiro atoms. The molecule has 0 radical (unpaired) electrons. The van der Waals surface area contributed by atoms with Gasteiger partial charge >= 0.3 is 0 Å². The van der Waals surface area contributed by atoms with Gasteiger partial charge in [0.25, 0.3) is 0 Å². The van der Waals surface area contributed by atoms with Gasteiger partial charge in [0.2, 0.25) is 15.9 Å². The van der Waals surface area contributed by atoms with Gasteiger partial charge in [-0.1, -0.05) is 23.2 Å². The van der Waals surface area contributed by atoms with E-state index in [0.717, 1.165) is 0 Å². The zero-order valence-electron chi connectivity index (χ0n) is 11.2. The minimum Gasteiger partial charge on any atom is -0.467 e. The summed E-state index contributed by atoms with van der Waals surface area (Å²) in [5, 5.41) is 2.77. The first kappa shape index (κ1) is 16.8. The molecule has 1 amide bonds. The lowest BCUT2D eigenvalue weighted by molar-refractivity contribution is -0.120. The molecule has 1 aromatic heterocycles. The Balaban J connectivity index is 1.94. The monoisotopic (exact) mass is 362 g/mol. The average Bonchev–Trinajstić information content (AvgIpc) is 2.99. The van der Waals surface area contributed by atoms with Crippen molar-refractivity contribution >= 4 is 39.1 Å². The van der Waals surface area contributed by atoms with Gasteiger partial charge in [0.05, 0.1) is 24.4 Å². The third kappa shape index (κ3) is 4.48. The average molecular weight is 363 g/mol. The normalized spacial score (nSPS) is 11.4. The van der Waals surface area contributed by atoms with Crippen molar-refractivity contribution in [3.05, 3.63) is 52.4 Å². The maximum atomic E-state index is 12.1. The number of carbonyl (C=O) groups excluding carboxylic acids is 1. The highest BCUT2D eigenvalue weighted by Gasteiger charge is 2.19. The third-order valence-electron chi connectivity index (χ3n) is 2.65. The Bertz CT molecular complexity index is 760. The first-order chi connectivity index (χ1) is 10.4. The zero-order valence-corrected chi connectivity index (χ0v) is 13.5. The lowest BCUT2D eigenvalue weighted by atomic mass is 10.4. The molecular weight excluding hydrogens is 351 g/mol. The summed E-state index contributed by atoms with van der Waals surface area (Å²) in [6, 6.07) is 7.43. The molecule has 0 atom stereocenters. The van der Waals surface area contributed by atoms with Crippen molar-refractivity contribution < 1.29 is 17.6 Å². The minimum absolute atomic E-state index is 0.0212. The quantitative estimate of drug-likeness (QED) is 0.824. The van der Waals surface area contributed by atoms with Crippen LogP contribution in [0.5, 0.6) is 0 Å². The Morgan fingerprint density at radius 3 is 2.68 bits per heavy atom. The standard InChI is InChI=1S/C13H12Cl2N2O4S/c14-9-3-4-11(15)12(6-9)22(19,20)17-8-13(18)16-7-10-2-1-5-21-10/h1-6,17H,7-8H2,(H,16,18). The second-order valence-electron chi connectivity index (χ2n) is 4.26. The number of amides is 1. The number of hydrogen-bond donors (Lipinski definition) is 2. The van der Waals surface area contributed by atoms with E-state index in [-0.39, 0.29) is 21.5 Å². The number of hydrogen-bond acceptors (Lipinski definition) is 4. The van der Waals surface area contributed by atoms with Crippen molar-refractivity contribution in [2.24, 2.45) is 0 Å². The molecule has 118 valence electrons. The molecule has 0 aliphatic rings. The molecule has 0 aliphatic heterocycles. The zero-order chi connectivity index (χ0) is 16.2. The van der Waals surface area contributed by atoms with Crippen LogP contribution < -0.4 is 10.0 Å². The molecule has 1 aromatic carbocycles. The van der Waals surface area contributed by atoms with Crippen molar-refractivity contribution in [2.45, 2.75) is 11.4 Å². The van der Waals surface area contributed by atoms with E-state index in [0.29, 0.717) is 5.76 Å². The van der Waals surface area contributed by atoms with Crippen LogP contribution in [-0.2, 0) is 21.4 Å². The van der Waals surface area contributed by atoms with E-state index >= 15 is 0 Å². The van der Waals surface area contributed by atoms with E-state index in [9.17, 15) is 13.2 Å². The molecule has 2 aromatic rings. The van der Waals surface area contributed by atoms with E-state index in [1.54, 1.807) is 12.1 Å². The summed E-state index contributed by atoms with van der Waals surface area (Å²) in [4.78, 5) is 11.4. The Labute approximate surface area is 137 Å². The molecule has 2 N–H and O–H groups in total. The molecule has 0 saturated carbocycles. The second-order valence-corrected chi connectivity index (χ2v) is 6.83. The van der Waals surface area contributed by atoms with Crippen LogP contribution in [0.4, 0.5) is 0 Å². The van der Waals surface area contributed by atoms with E-state index in [4.69, 9.17) is 27.6 Å². The van der Waals surface area contributed by atoms with Crippen LogP contribution in [0.15, 0.2) is 45.9 Å². The molecule has 2 rings (SSSR count). The first-order valence-corrected chi connectivity index (χ1v) is 8.36. The maximum absolute atomic E-state index is 12.1. The molecule has 6 nitrogen and oxygen atoms in total. The number of halogens is 2. The Hall–Kier alpha value is -1.54. The molecule has 0 aliphatic carbocycles. The fraction of sp³-hybridized carbons (Fsp3) is 0.154. The second kappa shape index (κ2) is 7.15. The van der Waals surface area contributed by atoms with Crippen LogP contribution in [-0.4, -0.2) is 20.9 Å². The minimum atomic E-state index is -3.93. The Morgan fingerprint density at radius 2 is 2.00 bits per heavy atom. The number of sulfonamides is 1. The van der Waals surface area contributed by atoms with Crippen LogP contribution in [0.2, 0.25) is 10.0 Å². The van der Waals surface area contributed by atoms with Crippen LogP contribution in [0.25, 0.3) is 0 Å². The largest absolute Gasteiger partial charge is 0.467 e. The van der Waals surface area contributed by atoms with Gasteiger partial charge in [-0.3, -0.25) is 4.79 Å². The number of carbonyl (C=O) groups is 1. The third-order valence-corrected chi connectivity index (χ3v) is 4.76. The first-order valence-electron chi connectivity index (χ1n) is 6.12. The van der Waals surface area contributed by atoms with Crippen molar-refractivity contribution in [3.63, 3.8) is 0 Å². The summed E-state index contributed by atoms with van der Waals surface area (Å²) >= 11 is 11.6. The van der Waals surface area contributed by atoms with Crippen LogP contribution in [0.3, 0.4) is 0 Å².